The number of rotatable bonds is 2. The average molecular weight is 303 g/mol. The average Bonchev–Trinajstić information content (AvgIpc) is 2.34. The normalized spacial score (nSPS) is 12.2. The topological polar surface area (TPSA) is 48.4 Å². The Morgan fingerprint density at radius 3 is 2.00 bits per heavy atom. The van der Waals surface area contributed by atoms with Crippen LogP contribution in [0.2, 0.25) is 0 Å². The summed E-state index contributed by atoms with van der Waals surface area (Å²) in [6.07, 6.45) is -10.5. The zero-order chi connectivity index (χ0) is 15.7. The fourth-order valence-corrected chi connectivity index (χ4v) is 1.36. The molecule has 0 aliphatic carbocycles. The van der Waals surface area contributed by atoms with Gasteiger partial charge in [0.25, 0.3) is 0 Å². The summed E-state index contributed by atoms with van der Waals surface area (Å²) >= 11 is 0. The largest absolute Gasteiger partial charge is 0.481 e. The molecular weight excluding hydrogens is 296 g/mol. The van der Waals surface area contributed by atoms with Gasteiger partial charge in [-0.3, -0.25) is 0 Å². The number of hydrogen-bond donors (Lipinski definition) is 0. The number of ether oxygens (including phenoxy) is 2. The Morgan fingerprint density at radius 2 is 1.65 bits per heavy atom. The lowest BCUT2D eigenvalue weighted by molar-refractivity contribution is -0.146. The minimum absolute atomic E-state index is 0.196. The maximum absolute atomic E-state index is 12.8. The zero-order valence-electron chi connectivity index (χ0n) is 10.0. The summed E-state index contributed by atoms with van der Waals surface area (Å²) in [5.41, 5.74) is -5.55. The lowest BCUT2D eigenvalue weighted by Crippen LogP contribution is -2.23. The first kappa shape index (κ1) is 16.1. The molecule has 0 bridgehead atoms. The van der Waals surface area contributed by atoms with Gasteiger partial charge >= 0.3 is 18.3 Å². The number of alkyl halides is 6. The van der Waals surface area contributed by atoms with Crippen molar-refractivity contribution in [2.24, 2.45) is 0 Å². The van der Waals surface area contributed by atoms with Crippen molar-refractivity contribution in [3.63, 3.8) is 0 Å². The number of hydrogen-bond acceptors (Lipinski definition) is 4. The van der Waals surface area contributed by atoms with Crippen molar-refractivity contribution in [3.05, 3.63) is 22.9 Å². The molecule has 112 valence electrons. The van der Waals surface area contributed by atoms with Gasteiger partial charge in [0.15, 0.2) is 5.69 Å². The Morgan fingerprint density at radius 1 is 1.10 bits per heavy atom. The van der Waals surface area contributed by atoms with Gasteiger partial charge in [0.05, 0.1) is 19.8 Å². The van der Waals surface area contributed by atoms with Crippen molar-refractivity contribution in [3.8, 4) is 5.88 Å². The van der Waals surface area contributed by atoms with E-state index in [9.17, 15) is 31.1 Å². The van der Waals surface area contributed by atoms with Crippen LogP contribution in [0.4, 0.5) is 26.3 Å². The molecule has 0 unspecified atom stereocenters. The van der Waals surface area contributed by atoms with Gasteiger partial charge in [0.1, 0.15) is 5.56 Å². The van der Waals surface area contributed by atoms with Crippen LogP contribution in [-0.2, 0) is 17.1 Å². The SMILES string of the molecule is COC(=O)c1c(C(F)(F)F)cc(OC)nc1C(F)(F)F. The third kappa shape index (κ3) is 3.11. The highest BCUT2D eigenvalue weighted by molar-refractivity contribution is 5.92. The second kappa shape index (κ2) is 5.17. The van der Waals surface area contributed by atoms with Crippen LogP contribution in [0.5, 0.6) is 5.88 Å². The molecule has 1 aromatic heterocycles. The minimum Gasteiger partial charge on any atom is -0.481 e. The van der Waals surface area contributed by atoms with Gasteiger partial charge in [-0.1, -0.05) is 0 Å². The number of nitrogens with zero attached hydrogens (tertiary/aromatic N) is 1. The van der Waals surface area contributed by atoms with E-state index in [4.69, 9.17) is 0 Å². The van der Waals surface area contributed by atoms with E-state index in [1.165, 1.54) is 0 Å². The molecule has 0 fully saturated rings. The summed E-state index contributed by atoms with van der Waals surface area (Å²) in [6, 6.07) is 0.196. The van der Waals surface area contributed by atoms with Crippen LogP contribution in [0.15, 0.2) is 6.07 Å². The molecule has 0 amide bonds. The first-order valence-corrected chi connectivity index (χ1v) is 4.84. The number of esters is 1. The molecular formula is C10H7F6NO3. The van der Waals surface area contributed by atoms with Crippen molar-refractivity contribution in [2.45, 2.75) is 12.4 Å². The zero-order valence-corrected chi connectivity index (χ0v) is 10.0. The van der Waals surface area contributed by atoms with E-state index in [0.717, 1.165) is 7.11 Å². The van der Waals surface area contributed by atoms with Gasteiger partial charge in [-0.2, -0.15) is 26.3 Å². The number of methoxy groups -OCH3 is 2. The first-order chi connectivity index (χ1) is 9.02. The smallest absolute Gasteiger partial charge is 0.434 e. The second-order valence-electron chi connectivity index (χ2n) is 3.42. The van der Waals surface area contributed by atoms with E-state index >= 15 is 0 Å². The number of aromatic nitrogens is 1. The maximum Gasteiger partial charge on any atom is 0.434 e. The Hall–Kier alpha value is -2.00. The summed E-state index contributed by atoms with van der Waals surface area (Å²) in [5, 5.41) is 0. The van der Waals surface area contributed by atoms with Crippen molar-refractivity contribution in [2.75, 3.05) is 14.2 Å². The van der Waals surface area contributed by atoms with Gasteiger partial charge in [0, 0.05) is 6.07 Å². The van der Waals surface area contributed by atoms with Crippen molar-refractivity contribution >= 4 is 5.97 Å². The van der Waals surface area contributed by atoms with Crippen LogP contribution in [-0.4, -0.2) is 25.2 Å². The first-order valence-electron chi connectivity index (χ1n) is 4.84. The van der Waals surface area contributed by atoms with Gasteiger partial charge in [-0.15, -0.1) is 0 Å². The fourth-order valence-electron chi connectivity index (χ4n) is 1.36. The molecule has 0 saturated heterocycles. The van der Waals surface area contributed by atoms with E-state index in [-0.39, 0.29) is 6.07 Å². The summed E-state index contributed by atoms with van der Waals surface area (Å²) in [6.45, 7) is 0. The quantitative estimate of drug-likeness (QED) is 0.622. The van der Waals surface area contributed by atoms with Gasteiger partial charge in [-0.25, -0.2) is 9.78 Å². The lowest BCUT2D eigenvalue weighted by atomic mass is 10.1. The molecule has 20 heavy (non-hydrogen) atoms. The lowest BCUT2D eigenvalue weighted by Gasteiger charge is -2.17. The molecule has 0 radical (unpaired) electrons. The van der Waals surface area contributed by atoms with Crippen molar-refractivity contribution in [1.29, 1.82) is 0 Å². The molecule has 0 N–H and O–H groups in total. The van der Waals surface area contributed by atoms with Crippen LogP contribution >= 0.6 is 0 Å². The van der Waals surface area contributed by atoms with Crippen LogP contribution in [0.25, 0.3) is 0 Å². The molecule has 1 heterocycles. The Balaban J connectivity index is 3.77. The number of halogens is 6. The standard InChI is InChI=1S/C10H7F6NO3/c1-19-5-3-4(9(11,12)13)6(8(18)20-2)7(17-5)10(14,15)16/h3H,1-2H3. The van der Waals surface area contributed by atoms with Gasteiger partial charge < -0.3 is 9.47 Å². The van der Waals surface area contributed by atoms with Crippen molar-refractivity contribution in [1.82, 2.24) is 4.98 Å². The second-order valence-corrected chi connectivity index (χ2v) is 3.42. The highest BCUT2D eigenvalue weighted by Gasteiger charge is 2.45. The number of carbonyl (C=O) groups excluding carboxylic acids is 1. The highest BCUT2D eigenvalue weighted by Crippen LogP contribution is 2.40. The van der Waals surface area contributed by atoms with Crippen LogP contribution in [0.1, 0.15) is 21.6 Å². The minimum atomic E-state index is -5.28. The Kier molecular flexibility index (Phi) is 4.15. The monoisotopic (exact) mass is 303 g/mol. The van der Waals surface area contributed by atoms with Gasteiger partial charge in [0.2, 0.25) is 5.88 Å². The van der Waals surface area contributed by atoms with Gasteiger partial charge in [-0.05, 0) is 0 Å². The van der Waals surface area contributed by atoms with Crippen LogP contribution < -0.4 is 4.74 Å². The molecule has 1 rings (SSSR count). The molecule has 10 heteroatoms. The van der Waals surface area contributed by atoms with Crippen LogP contribution in [0.3, 0.4) is 0 Å². The molecule has 0 spiro atoms. The van der Waals surface area contributed by atoms with Crippen LogP contribution in [0, 0.1) is 0 Å². The molecule has 1 aromatic rings. The molecule has 0 atom stereocenters. The summed E-state index contributed by atoms with van der Waals surface area (Å²) < 4.78 is 84.8. The van der Waals surface area contributed by atoms with E-state index in [1.807, 2.05) is 0 Å². The molecule has 4 nitrogen and oxygen atoms in total. The number of carbonyl (C=O) groups is 1. The molecule has 0 aromatic carbocycles. The third-order valence-corrected chi connectivity index (χ3v) is 2.17. The Labute approximate surface area is 108 Å². The summed E-state index contributed by atoms with van der Waals surface area (Å²) in [4.78, 5) is 14.1. The molecule has 0 aliphatic heterocycles. The number of pyridine rings is 1. The molecule has 0 aliphatic rings. The molecule has 0 saturated carbocycles. The summed E-state index contributed by atoms with van der Waals surface area (Å²) in [5.74, 6) is -2.71. The van der Waals surface area contributed by atoms with E-state index < -0.39 is 41.0 Å². The highest BCUT2D eigenvalue weighted by atomic mass is 19.4. The maximum atomic E-state index is 12.8. The Bertz CT molecular complexity index is 488. The van der Waals surface area contributed by atoms with E-state index in [0.29, 0.717) is 7.11 Å². The third-order valence-electron chi connectivity index (χ3n) is 2.17. The van der Waals surface area contributed by atoms with Crippen molar-refractivity contribution < 1.29 is 40.6 Å². The van der Waals surface area contributed by atoms with E-state index in [1.54, 1.807) is 0 Å². The predicted octanol–water partition coefficient (Wildman–Crippen LogP) is 2.91. The van der Waals surface area contributed by atoms with E-state index in [2.05, 4.69) is 14.5 Å². The fraction of sp³-hybridized carbons (Fsp3) is 0.400. The predicted molar refractivity (Wildman–Crippen MR) is 52.1 cm³/mol. The summed E-state index contributed by atoms with van der Waals surface area (Å²) in [7, 11) is 1.51.